The third-order valence-electron chi connectivity index (χ3n) is 0.957. The molecule has 1 aliphatic rings. The zero-order valence-electron chi connectivity index (χ0n) is 4.28. The Balaban J connectivity index is 0.000000360. The second kappa shape index (κ2) is 4.05. The van der Waals surface area contributed by atoms with Gasteiger partial charge in [0.15, 0.2) is 0 Å². The third kappa shape index (κ3) is 2.56. The highest BCUT2D eigenvalue weighted by atomic mass is 16.0. The van der Waals surface area contributed by atoms with E-state index < -0.39 is 0 Å². The van der Waals surface area contributed by atoms with Crippen LogP contribution < -0.4 is 10.6 Å². The third-order valence-corrected chi connectivity index (χ3v) is 0.957. The van der Waals surface area contributed by atoms with Gasteiger partial charge in [-0.1, -0.05) is 0 Å². The van der Waals surface area contributed by atoms with Gasteiger partial charge in [0.25, 0.3) is 0 Å². The lowest BCUT2D eigenvalue weighted by Gasteiger charge is -2.11. The van der Waals surface area contributed by atoms with Crippen molar-refractivity contribution >= 4 is 0 Å². The molecule has 1 rings (SSSR count). The Morgan fingerprint density at radius 3 is 1.14 bits per heavy atom. The Kier molecular flexibility index (Phi) is 3.98. The molecule has 0 aromatic carbocycles. The SMILES string of the molecule is C1CNCCN1.[OH-]. The van der Waals surface area contributed by atoms with Gasteiger partial charge in [-0.3, -0.25) is 0 Å². The minimum atomic E-state index is 0. The molecule has 7 heavy (non-hydrogen) atoms. The van der Waals surface area contributed by atoms with E-state index in [1.54, 1.807) is 0 Å². The molecule has 1 heterocycles. The Morgan fingerprint density at radius 2 is 1.00 bits per heavy atom. The van der Waals surface area contributed by atoms with Crippen LogP contribution in [0.5, 0.6) is 0 Å². The summed E-state index contributed by atoms with van der Waals surface area (Å²) in [5.41, 5.74) is 0. The lowest BCUT2D eigenvalue weighted by molar-refractivity contribution is 0.534. The highest BCUT2D eigenvalue weighted by Crippen LogP contribution is 1.65. The van der Waals surface area contributed by atoms with E-state index in [2.05, 4.69) is 10.6 Å². The molecule has 1 saturated heterocycles. The van der Waals surface area contributed by atoms with Crippen molar-refractivity contribution in [2.24, 2.45) is 0 Å². The van der Waals surface area contributed by atoms with Crippen molar-refractivity contribution in [2.75, 3.05) is 26.2 Å². The number of hydrogen-bond donors (Lipinski definition) is 2. The van der Waals surface area contributed by atoms with Crippen molar-refractivity contribution in [3.8, 4) is 0 Å². The highest BCUT2D eigenvalue weighted by Gasteiger charge is 1.91. The van der Waals surface area contributed by atoms with E-state index in [4.69, 9.17) is 0 Å². The molecule has 3 nitrogen and oxygen atoms in total. The van der Waals surface area contributed by atoms with Crippen molar-refractivity contribution in [3.05, 3.63) is 0 Å². The smallest absolute Gasteiger partial charge is 0.00772 e. The molecule has 0 aromatic heterocycles. The number of nitrogens with one attached hydrogen (secondary N) is 2. The standard InChI is InChI=1S/C4H10N2.H2O/c1-2-6-4-3-5-1;/h5-6H,1-4H2;1H2/p-1. The summed E-state index contributed by atoms with van der Waals surface area (Å²) in [6, 6.07) is 0. The predicted molar refractivity (Wildman–Crippen MR) is 27.7 cm³/mol. The van der Waals surface area contributed by atoms with E-state index in [1.807, 2.05) is 0 Å². The van der Waals surface area contributed by atoms with E-state index in [-0.39, 0.29) is 5.48 Å². The molecule has 0 saturated carbocycles. The van der Waals surface area contributed by atoms with Crippen LogP contribution in [0.1, 0.15) is 0 Å². The molecule has 1 fully saturated rings. The van der Waals surface area contributed by atoms with Gasteiger partial charge < -0.3 is 16.1 Å². The zero-order chi connectivity index (χ0) is 4.24. The lowest BCUT2D eigenvalue weighted by atomic mass is 10.4. The van der Waals surface area contributed by atoms with Gasteiger partial charge in [-0.2, -0.15) is 0 Å². The van der Waals surface area contributed by atoms with Gasteiger partial charge in [0, 0.05) is 26.2 Å². The summed E-state index contributed by atoms with van der Waals surface area (Å²) >= 11 is 0. The van der Waals surface area contributed by atoms with Crippen molar-refractivity contribution in [2.45, 2.75) is 0 Å². The number of hydrogen-bond acceptors (Lipinski definition) is 3. The van der Waals surface area contributed by atoms with Crippen molar-refractivity contribution in [1.82, 2.24) is 10.6 Å². The Bertz CT molecular complexity index is 25.2. The van der Waals surface area contributed by atoms with Gasteiger partial charge >= 0.3 is 0 Å². The van der Waals surface area contributed by atoms with Crippen LogP contribution in [0.25, 0.3) is 0 Å². The Morgan fingerprint density at radius 1 is 0.714 bits per heavy atom. The first-order valence-corrected chi connectivity index (χ1v) is 2.41. The molecule has 0 amide bonds. The summed E-state index contributed by atoms with van der Waals surface area (Å²) in [6.07, 6.45) is 0. The second-order valence-corrected chi connectivity index (χ2v) is 1.50. The van der Waals surface area contributed by atoms with Crippen LogP contribution in [0.15, 0.2) is 0 Å². The Hall–Kier alpha value is -0.120. The normalized spacial score (nSPS) is 20.6. The number of rotatable bonds is 0. The van der Waals surface area contributed by atoms with E-state index in [0.29, 0.717) is 0 Å². The lowest BCUT2D eigenvalue weighted by Crippen LogP contribution is -2.39. The van der Waals surface area contributed by atoms with Crippen molar-refractivity contribution in [3.63, 3.8) is 0 Å². The zero-order valence-corrected chi connectivity index (χ0v) is 4.28. The molecule has 0 aliphatic carbocycles. The largest absolute Gasteiger partial charge is 0.870 e. The molecular formula is C4H11N2O-. The average Bonchev–Trinajstić information content (AvgIpc) is 1.72. The van der Waals surface area contributed by atoms with Gasteiger partial charge in [-0.05, 0) is 0 Å². The molecule has 0 atom stereocenters. The Labute approximate surface area is 43.4 Å². The summed E-state index contributed by atoms with van der Waals surface area (Å²) in [4.78, 5) is 0. The van der Waals surface area contributed by atoms with Gasteiger partial charge in [0.2, 0.25) is 0 Å². The topological polar surface area (TPSA) is 54.1 Å². The fraction of sp³-hybridized carbons (Fsp3) is 1.00. The molecular weight excluding hydrogens is 92.1 g/mol. The maximum absolute atomic E-state index is 3.22. The summed E-state index contributed by atoms with van der Waals surface area (Å²) in [5.74, 6) is 0. The van der Waals surface area contributed by atoms with Crippen molar-refractivity contribution in [1.29, 1.82) is 0 Å². The molecule has 3 N–H and O–H groups in total. The second-order valence-electron chi connectivity index (χ2n) is 1.50. The summed E-state index contributed by atoms with van der Waals surface area (Å²) in [5, 5.41) is 6.44. The maximum atomic E-state index is 3.22. The summed E-state index contributed by atoms with van der Waals surface area (Å²) < 4.78 is 0. The van der Waals surface area contributed by atoms with Gasteiger partial charge in [-0.25, -0.2) is 0 Å². The van der Waals surface area contributed by atoms with E-state index >= 15 is 0 Å². The van der Waals surface area contributed by atoms with Crippen LogP contribution in [0.4, 0.5) is 0 Å². The van der Waals surface area contributed by atoms with Crippen LogP contribution in [-0.4, -0.2) is 31.7 Å². The molecule has 0 radical (unpaired) electrons. The summed E-state index contributed by atoms with van der Waals surface area (Å²) in [7, 11) is 0. The van der Waals surface area contributed by atoms with E-state index in [9.17, 15) is 0 Å². The minimum absolute atomic E-state index is 0. The van der Waals surface area contributed by atoms with Crippen molar-refractivity contribution < 1.29 is 5.48 Å². The van der Waals surface area contributed by atoms with Crippen LogP contribution in [0.3, 0.4) is 0 Å². The molecule has 0 aromatic rings. The monoisotopic (exact) mass is 103 g/mol. The first-order valence-electron chi connectivity index (χ1n) is 2.41. The first kappa shape index (κ1) is 6.88. The predicted octanol–water partition coefficient (Wildman–Crippen LogP) is -0.998. The van der Waals surface area contributed by atoms with Gasteiger partial charge in [0.05, 0.1) is 0 Å². The minimum Gasteiger partial charge on any atom is -0.870 e. The molecule has 0 bridgehead atoms. The van der Waals surface area contributed by atoms with E-state index in [1.165, 1.54) is 0 Å². The average molecular weight is 103 g/mol. The van der Waals surface area contributed by atoms with Crippen LogP contribution in [0.2, 0.25) is 0 Å². The quantitative estimate of drug-likeness (QED) is 0.413. The molecule has 0 spiro atoms. The molecule has 0 unspecified atom stereocenters. The summed E-state index contributed by atoms with van der Waals surface area (Å²) in [6.45, 7) is 4.56. The molecule has 1 aliphatic heterocycles. The maximum Gasteiger partial charge on any atom is 0.00772 e. The first-order chi connectivity index (χ1) is 3.00. The van der Waals surface area contributed by atoms with Gasteiger partial charge in [0.1, 0.15) is 0 Å². The number of piperazine rings is 1. The van der Waals surface area contributed by atoms with Crippen LogP contribution in [0, 0.1) is 0 Å². The van der Waals surface area contributed by atoms with Gasteiger partial charge in [-0.15, -0.1) is 0 Å². The molecule has 44 valence electrons. The fourth-order valence-corrected chi connectivity index (χ4v) is 0.604. The highest BCUT2D eigenvalue weighted by molar-refractivity contribution is 4.59. The molecule has 3 heteroatoms. The van der Waals surface area contributed by atoms with E-state index in [0.717, 1.165) is 26.2 Å². The van der Waals surface area contributed by atoms with Crippen LogP contribution >= 0.6 is 0 Å². The fourth-order valence-electron chi connectivity index (χ4n) is 0.604. The van der Waals surface area contributed by atoms with Crippen LogP contribution in [-0.2, 0) is 0 Å².